The first-order valence-corrected chi connectivity index (χ1v) is 11.1. The Bertz CT molecular complexity index is 967. The average Bonchev–Trinajstić information content (AvgIpc) is 3.32. The average molecular weight is 400 g/mol. The summed E-state index contributed by atoms with van der Waals surface area (Å²) in [7, 11) is -3.43. The Labute approximate surface area is 166 Å². The number of nitrogens with zero attached hydrogens (tertiary/aromatic N) is 2. The van der Waals surface area contributed by atoms with Gasteiger partial charge in [-0.05, 0) is 62.1 Å². The summed E-state index contributed by atoms with van der Waals surface area (Å²) in [6.07, 6.45) is 2.75. The molecule has 2 aromatic carbocycles. The van der Waals surface area contributed by atoms with Crippen LogP contribution in [-0.4, -0.2) is 44.3 Å². The third-order valence-electron chi connectivity index (χ3n) is 5.50. The van der Waals surface area contributed by atoms with Gasteiger partial charge in [-0.3, -0.25) is 4.79 Å². The van der Waals surface area contributed by atoms with Crippen LogP contribution in [0.1, 0.15) is 25.3 Å². The Morgan fingerprint density at radius 2 is 1.75 bits per heavy atom. The molecule has 0 bridgehead atoms. The Morgan fingerprint density at radius 1 is 1.07 bits per heavy atom. The van der Waals surface area contributed by atoms with Crippen LogP contribution in [0.5, 0.6) is 0 Å². The molecule has 4 rings (SSSR count). The number of rotatable bonds is 5. The largest absolute Gasteiger partial charge is 0.359 e. The highest BCUT2D eigenvalue weighted by Gasteiger charge is 2.28. The Morgan fingerprint density at radius 3 is 2.46 bits per heavy atom. The van der Waals surface area contributed by atoms with E-state index in [1.807, 2.05) is 18.2 Å². The second-order valence-corrected chi connectivity index (χ2v) is 9.43. The van der Waals surface area contributed by atoms with Crippen LogP contribution in [0, 0.1) is 0 Å². The minimum absolute atomic E-state index is 0.112. The van der Waals surface area contributed by atoms with Gasteiger partial charge in [-0.25, -0.2) is 8.42 Å². The van der Waals surface area contributed by atoms with E-state index in [-0.39, 0.29) is 23.4 Å². The molecule has 1 fully saturated rings. The zero-order chi connectivity index (χ0) is 19.7. The van der Waals surface area contributed by atoms with E-state index in [9.17, 15) is 13.2 Å². The molecule has 0 aromatic heterocycles. The lowest BCUT2D eigenvalue weighted by Crippen LogP contribution is -2.37. The van der Waals surface area contributed by atoms with Crippen LogP contribution in [0.3, 0.4) is 0 Å². The van der Waals surface area contributed by atoms with Crippen molar-refractivity contribution in [3.8, 4) is 0 Å². The molecule has 0 aliphatic carbocycles. The topological polar surface area (TPSA) is 69.7 Å². The lowest BCUT2D eigenvalue weighted by molar-refractivity contribution is -0.115. The molecule has 0 radical (unpaired) electrons. The number of nitrogens with one attached hydrogen (secondary N) is 1. The molecule has 6 nitrogen and oxygen atoms in total. The maximum atomic E-state index is 12.6. The molecule has 1 saturated heterocycles. The highest BCUT2D eigenvalue weighted by molar-refractivity contribution is 7.89. The number of para-hydroxylation sites is 1. The van der Waals surface area contributed by atoms with Crippen molar-refractivity contribution >= 4 is 27.3 Å². The monoisotopic (exact) mass is 399 g/mol. The summed E-state index contributed by atoms with van der Waals surface area (Å²) in [5.41, 5.74) is 2.97. The van der Waals surface area contributed by atoms with Gasteiger partial charge in [0.2, 0.25) is 15.9 Å². The second kappa shape index (κ2) is 7.56. The van der Waals surface area contributed by atoms with Crippen LogP contribution in [0.25, 0.3) is 0 Å². The number of hydrogen-bond donors (Lipinski definition) is 1. The molecule has 2 aliphatic heterocycles. The number of carbonyl (C=O) groups is 1. The van der Waals surface area contributed by atoms with Gasteiger partial charge >= 0.3 is 0 Å². The number of fused-ring (bicyclic) bond motifs is 1. The number of amides is 1. The van der Waals surface area contributed by atoms with Crippen LogP contribution in [0.4, 0.5) is 11.4 Å². The van der Waals surface area contributed by atoms with E-state index in [1.165, 1.54) is 9.87 Å². The highest BCUT2D eigenvalue weighted by Crippen LogP contribution is 2.31. The first-order valence-electron chi connectivity index (χ1n) is 9.70. The molecular formula is C21H25N3O3S. The predicted molar refractivity (Wildman–Crippen MR) is 110 cm³/mol. The van der Waals surface area contributed by atoms with E-state index >= 15 is 0 Å². The Kier molecular flexibility index (Phi) is 5.12. The first-order chi connectivity index (χ1) is 13.4. The standard InChI is InChI=1S/C21H25N3O3S/c1-16-14-17-6-2-3-7-20(17)24(16)15-21(25)22-18-8-10-19(11-9-18)28(26,27)23-12-4-5-13-23/h2-3,6-11,16H,4-5,12-15H2,1H3,(H,22,25). The van der Waals surface area contributed by atoms with Crippen molar-refractivity contribution in [3.63, 3.8) is 0 Å². The summed E-state index contributed by atoms with van der Waals surface area (Å²) in [6.45, 7) is 3.55. The number of sulfonamides is 1. The van der Waals surface area contributed by atoms with Crippen LogP contribution < -0.4 is 10.2 Å². The molecule has 28 heavy (non-hydrogen) atoms. The predicted octanol–water partition coefficient (Wildman–Crippen LogP) is 2.86. The maximum Gasteiger partial charge on any atom is 0.243 e. The number of hydrogen-bond acceptors (Lipinski definition) is 4. The minimum Gasteiger partial charge on any atom is -0.359 e. The van der Waals surface area contributed by atoms with E-state index in [0.29, 0.717) is 18.8 Å². The van der Waals surface area contributed by atoms with Crippen molar-refractivity contribution in [3.05, 3.63) is 54.1 Å². The number of anilines is 2. The van der Waals surface area contributed by atoms with E-state index in [4.69, 9.17) is 0 Å². The molecule has 1 atom stereocenters. The summed E-state index contributed by atoms with van der Waals surface area (Å²) in [5.74, 6) is -0.112. The van der Waals surface area contributed by atoms with Crippen molar-refractivity contribution in [2.24, 2.45) is 0 Å². The van der Waals surface area contributed by atoms with Crippen LogP contribution in [0.2, 0.25) is 0 Å². The van der Waals surface area contributed by atoms with Crippen LogP contribution in [0.15, 0.2) is 53.4 Å². The summed E-state index contributed by atoms with van der Waals surface area (Å²) in [6, 6.07) is 14.9. The third kappa shape index (κ3) is 3.64. The van der Waals surface area contributed by atoms with E-state index in [1.54, 1.807) is 24.3 Å². The van der Waals surface area contributed by atoms with E-state index in [2.05, 4.69) is 23.2 Å². The van der Waals surface area contributed by atoms with Gasteiger partial charge in [0.25, 0.3) is 0 Å². The zero-order valence-electron chi connectivity index (χ0n) is 16.0. The molecule has 0 saturated carbocycles. The summed E-state index contributed by atoms with van der Waals surface area (Å²) in [5, 5.41) is 2.88. The molecule has 1 amide bonds. The van der Waals surface area contributed by atoms with Gasteiger partial charge in [0.1, 0.15) is 0 Å². The van der Waals surface area contributed by atoms with Crippen molar-refractivity contribution in [2.75, 3.05) is 29.9 Å². The van der Waals surface area contributed by atoms with Gasteiger partial charge in [-0.15, -0.1) is 0 Å². The summed E-state index contributed by atoms with van der Waals surface area (Å²) >= 11 is 0. The highest BCUT2D eigenvalue weighted by atomic mass is 32.2. The summed E-state index contributed by atoms with van der Waals surface area (Å²) in [4.78, 5) is 14.9. The molecule has 1 N–H and O–H groups in total. The second-order valence-electron chi connectivity index (χ2n) is 7.49. The third-order valence-corrected chi connectivity index (χ3v) is 7.42. The van der Waals surface area contributed by atoms with Crippen molar-refractivity contribution in [1.82, 2.24) is 4.31 Å². The van der Waals surface area contributed by atoms with Gasteiger partial charge in [0, 0.05) is 30.5 Å². The van der Waals surface area contributed by atoms with E-state index < -0.39 is 10.0 Å². The number of benzene rings is 2. The Balaban J connectivity index is 1.41. The fraction of sp³-hybridized carbons (Fsp3) is 0.381. The van der Waals surface area contributed by atoms with Gasteiger partial charge in [0.15, 0.2) is 0 Å². The van der Waals surface area contributed by atoms with Crippen LogP contribution in [-0.2, 0) is 21.2 Å². The lowest BCUT2D eigenvalue weighted by Gasteiger charge is -2.24. The van der Waals surface area contributed by atoms with Crippen LogP contribution >= 0.6 is 0 Å². The quantitative estimate of drug-likeness (QED) is 0.839. The van der Waals surface area contributed by atoms with Gasteiger partial charge < -0.3 is 10.2 Å². The fourth-order valence-corrected chi connectivity index (χ4v) is 5.53. The smallest absolute Gasteiger partial charge is 0.243 e. The molecule has 2 heterocycles. The van der Waals surface area contributed by atoms with Gasteiger partial charge in [-0.2, -0.15) is 4.31 Å². The van der Waals surface area contributed by atoms with Gasteiger partial charge in [-0.1, -0.05) is 18.2 Å². The van der Waals surface area contributed by atoms with Crippen molar-refractivity contribution < 1.29 is 13.2 Å². The molecule has 1 unspecified atom stereocenters. The summed E-state index contributed by atoms with van der Waals surface area (Å²) < 4.78 is 26.7. The molecular weight excluding hydrogens is 374 g/mol. The SMILES string of the molecule is CC1Cc2ccccc2N1CC(=O)Nc1ccc(S(=O)(=O)N2CCCC2)cc1. The molecule has 2 aromatic rings. The Hall–Kier alpha value is -2.38. The molecule has 148 valence electrons. The molecule has 2 aliphatic rings. The fourth-order valence-electron chi connectivity index (χ4n) is 4.01. The minimum atomic E-state index is -3.43. The van der Waals surface area contributed by atoms with E-state index in [0.717, 1.165) is 24.9 Å². The molecule has 0 spiro atoms. The normalized spacial score (nSPS) is 19.6. The van der Waals surface area contributed by atoms with Gasteiger partial charge in [0.05, 0.1) is 11.4 Å². The lowest BCUT2D eigenvalue weighted by atomic mass is 10.1. The zero-order valence-corrected chi connectivity index (χ0v) is 16.8. The van der Waals surface area contributed by atoms with Crippen molar-refractivity contribution in [1.29, 1.82) is 0 Å². The number of carbonyl (C=O) groups excluding carboxylic acids is 1. The van der Waals surface area contributed by atoms with Crippen molar-refractivity contribution in [2.45, 2.75) is 37.1 Å². The first kappa shape index (κ1) is 19.0. The molecule has 7 heteroatoms. The maximum absolute atomic E-state index is 12.6.